The second kappa shape index (κ2) is 5.92. The first-order valence-corrected chi connectivity index (χ1v) is 7.87. The second-order valence-corrected chi connectivity index (χ2v) is 6.17. The molecule has 1 heterocycles. The molecule has 0 aliphatic rings. The van der Waals surface area contributed by atoms with E-state index in [0.717, 1.165) is 38.9 Å². The molecule has 0 aliphatic carbocycles. The van der Waals surface area contributed by atoms with E-state index < -0.39 is 0 Å². The van der Waals surface area contributed by atoms with Crippen LogP contribution in [-0.4, -0.2) is 15.9 Å². The number of aromatic hydroxyl groups is 1. The number of carbonyl (C=O) groups excluding carboxylic acids is 1. The Morgan fingerprint density at radius 2 is 1.87 bits per heavy atom. The minimum atomic E-state index is 0.110. The lowest BCUT2D eigenvalue weighted by molar-refractivity contribution is 0.0984. The Morgan fingerprint density at radius 3 is 2.61 bits per heavy atom. The molecule has 0 saturated carbocycles. The third-order valence-corrected chi connectivity index (χ3v) is 4.37. The van der Waals surface area contributed by atoms with Crippen molar-refractivity contribution in [3.63, 3.8) is 0 Å². The lowest BCUT2D eigenvalue weighted by Crippen LogP contribution is -2.03. The highest BCUT2D eigenvalue weighted by atomic mass is 16.3. The van der Waals surface area contributed by atoms with E-state index in [4.69, 9.17) is 0 Å². The number of aromatic amines is 1. The lowest BCUT2D eigenvalue weighted by atomic mass is 9.96. The minimum absolute atomic E-state index is 0.110. The molecule has 0 amide bonds. The SMILES string of the molecule is Cc1cc(C)c(CCC(=O)c2c(C)[nH]c3ccccc23)c(O)c1. The maximum absolute atomic E-state index is 12.7. The molecule has 0 radical (unpaired) electrons. The highest BCUT2D eigenvalue weighted by Crippen LogP contribution is 2.27. The standard InChI is InChI=1S/C20H21NO2/c1-12-10-13(2)15(19(23)11-12)8-9-18(22)20-14(3)21-17-7-5-4-6-16(17)20/h4-7,10-11,21,23H,8-9H2,1-3H3. The van der Waals surface area contributed by atoms with E-state index in [2.05, 4.69) is 4.98 Å². The molecular weight excluding hydrogens is 286 g/mol. The highest BCUT2D eigenvalue weighted by molar-refractivity contribution is 6.09. The van der Waals surface area contributed by atoms with Gasteiger partial charge >= 0.3 is 0 Å². The predicted molar refractivity (Wildman–Crippen MR) is 93.3 cm³/mol. The number of aryl methyl sites for hydroxylation is 3. The molecule has 0 unspecified atom stereocenters. The van der Waals surface area contributed by atoms with E-state index in [-0.39, 0.29) is 11.5 Å². The maximum atomic E-state index is 12.7. The van der Waals surface area contributed by atoms with Crippen LogP contribution in [0, 0.1) is 20.8 Å². The van der Waals surface area contributed by atoms with Crippen molar-refractivity contribution in [2.75, 3.05) is 0 Å². The predicted octanol–water partition coefficient (Wildman–Crippen LogP) is 4.61. The Kier molecular flexibility index (Phi) is 3.95. The smallest absolute Gasteiger partial charge is 0.165 e. The molecule has 23 heavy (non-hydrogen) atoms. The van der Waals surface area contributed by atoms with Crippen molar-refractivity contribution >= 4 is 16.7 Å². The van der Waals surface area contributed by atoms with Gasteiger partial charge < -0.3 is 10.1 Å². The van der Waals surface area contributed by atoms with E-state index in [1.54, 1.807) is 6.07 Å². The lowest BCUT2D eigenvalue weighted by Gasteiger charge is -2.09. The number of Topliss-reactive ketones (excluding diaryl/α,β-unsaturated/α-hetero) is 1. The van der Waals surface area contributed by atoms with Crippen LogP contribution >= 0.6 is 0 Å². The van der Waals surface area contributed by atoms with Crippen molar-refractivity contribution in [2.24, 2.45) is 0 Å². The van der Waals surface area contributed by atoms with E-state index in [0.29, 0.717) is 12.8 Å². The molecule has 0 aliphatic heterocycles. The van der Waals surface area contributed by atoms with Crippen molar-refractivity contribution in [3.8, 4) is 5.75 Å². The molecule has 1 aromatic heterocycles. The number of aromatic nitrogens is 1. The van der Waals surface area contributed by atoms with Crippen molar-refractivity contribution in [3.05, 3.63) is 64.3 Å². The van der Waals surface area contributed by atoms with Gasteiger partial charge in [0.25, 0.3) is 0 Å². The zero-order valence-corrected chi connectivity index (χ0v) is 13.7. The van der Waals surface area contributed by atoms with Gasteiger partial charge in [0.15, 0.2) is 5.78 Å². The highest BCUT2D eigenvalue weighted by Gasteiger charge is 2.17. The summed E-state index contributed by atoms with van der Waals surface area (Å²) in [4.78, 5) is 16.0. The molecular formula is C20H21NO2. The molecule has 3 heteroatoms. The number of rotatable bonds is 4. The van der Waals surface area contributed by atoms with Crippen molar-refractivity contribution in [2.45, 2.75) is 33.6 Å². The summed E-state index contributed by atoms with van der Waals surface area (Å²) in [6.45, 7) is 5.86. The first kappa shape index (κ1) is 15.3. The van der Waals surface area contributed by atoms with Gasteiger partial charge in [0.2, 0.25) is 0 Å². The largest absolute Gasteiger partial charge is 0.508 e. The average molecular weight is 307 g/mol. The summed E-state index contributed by atoms with van der Waals surface area (Å²) in [5.41, 5.74) is 5.59. The Labute approximate surface area is 136 Å². The van der Waals surface area contributed by atoms with Crippen molar-refractivity contribution in [1.29, 1.82) is 0 Å². The molecule has 0 fully saturated rings. The van der Waals surface area contributed by atoms with Crippen LogP contribution in [0.2, 0.25) is 0 Å². The third-order valence-electron chi connectivity index (χ3n) is 4.37. The molecule has 118 valence electrons. The van der Waals surface area contributed by atoms with Gasteiger partial charge in [0.05, 0.1) is 0 Å². The first-order chi connectivity index (χ1) is 11.0. The van der Waals surface area contributed by atoms with Crippen LogP contribution in [0.5, 0.6) is 5.75 Å². The van der Waals surface area contributed by atoms with Crippen LogP contribution in [0.4, 0.5) is 0 Å². The number of hydrogen-bond donors (Lipinski definition) is 2. The molecule has 3 nitrogen and oxygen atoms in total. The summed E-state index contributed by atoms with van der Waals surface area (Å²) < 4.78 is 0. The zero-order chi connectivity index (χ0) is 16.6. The normalized spacial score (nSPS) is 11.1. The van der Waals surface area contributed by atoms with E-state index in [1.165, 1.54) is 0 Å². The molecule has 2 N–H and O–H groups in total. The quantitative estimate of drug-likeness (QED) is 0.691. The number of carbonyl (C=O) groups is 1. The summed E-state index contributed by atoms with van der Waals surface area (Å²) in [6.07, 6.45) is 0.940. The fraction of sp³-hybridized carbons (Fsp3) is 0.250. The molecule has 2 aromatic carbocycles. The summed E-state index contributed by atoms with van der Waals surface area (Å²) in [6, 6.07) is 11.7. The number of fused-ring (bicyclic) bond motifs is 1. The van der Waals surface area contributed by atoms with E-state index in [9.17, 15) is 9.90 Å². The zero-order valence-electron chi connectivity index (χ0n) is 13.7. The minimum Gasteiger partial charge on any atom is -0.508 e. The summed E-state index contributed by atoms with van der Waals surface area (Å²) in [7, 11) is 0. The van der Waals surface area contributed by atoms with Crippen LogP contribution in [0.25, 0.3) is 10.9 Å². The number of ketones is 1. The van der Waals surface area contributed by atoms with Gasteiger partial charge in [-0.25, -0.2) is 0 Å². The van der Waals surface area contributed by atoms with Gasteiger partial charge in [-0.1, -0.05) is 24.3 Å². The molecule has 0 atom stereocenters. The number of H-pyrrole nitrogens is 1. The molecule has 3 aromatic rings. The van der Waals surface area contributed by atoms with Crippen LogP contribution in [0.1, 0.15) is 39.2 Å². The number of hydrogen-bond acceptors (Lipinski definition) is 2. The number of nitrogens with one attached hydrogen (secondary N) is 1. The topological polar surface area (TPSA) is 53.1 Å². The number of phenols is 1. The second-order valence-electron chi connectivity index (χ2n) is 6.17. The van der Waals surface area contributed by atoms with E-state index >= 15 is 0 Å². The molecule has 0 spiro atoms. The number of para-hydroxylation sites is 1. The van der Waals surface area contributed by atoms with Crippen LogP contribution in [0.3, 0.4) is 0 Å². The summed E-state index contributed by atoms with van der Waals surface area (Å²) >= 11 is 0. The van der Waals surface area contributed by atoms with Crippen molar-refractivity contribution < 1.29 is 9.90 Å². The van der Waals surface area contributed by atoms with Gasteiger partial charge in [0, 0.05) is 28.6 Å². The fourth-order valence-electron chi connectivity index (χ4n) is 3.30. The number of benzene rings is 2. The maximum Gasteiger partial charge on any atom is 0.165 e. The van der Waals surface area contributed by atoms with Gasteiger partial charge in [0.1, 0.15) is 5.75 Å². The first-order valence-electron chi connectivity index (χ1n) is 7.87. The van der Waals surface area contributed by atoms with Crippen LogP contribution in [0.15, 0.2) is 36.4 Å². The van der Waals surface area contributed by atoms with Gasteiger partial charge in [-0.05, 0) is 56.0 Å². The molecule has 0 saturated heterocycles. The van der Waals surface area contributed by atoms with Crippen LogP contribution < -0.4 is 0 Å². The fourth-order valence-corrected chi connectivity index (χ4v) is 3.30. The Morgan fingerprint density at radius 1 is 1.13 bits per heavy atom. The van der Waals surface area contributed by atoms with Gasteiger partial charge in [-0.3, -0.25) is 4.79 Å². The monoisotopic (exact) mass is 307 g/mol. The Balaban J connectivity index is 1.86. The number of phenolic OH excluding ortho intramolecular Hbond substituents is 1. The summed E-state index contributed by atoms with van der Waals surface area (Å²) in [5.74, 6) is 0.394. The van der Waals surface area contributed by atoms with Gasteiger partial charge in [-0.15, -0.1) is 0 Å². The average Bonchev–Trinajstić information content (AvgIpc) is 2.81. The molecule has 3 rings (SSSR count). The van der Waals surface area contributed by atoms with E-state index in [1.807, 2.05) is 51.1 Å². The Hall–Kier alpha value is -2.55. The van der Waals surface area contributed by atoms with Crippen molar-refractivity contribution in [1.82, 2.24) is 4.98 Å². The molecule has 0 bridgehead atoms. The summed E-state index contributed by atoms with van der Waals surface area (Å²) in [5, 5.41) is 11.1. The third kappa shape index (κ3) is 2.87. The Bertz CT molecular complexity index is 867. The van der Waals surface area contributed by atoms with Crippen LogP contribution in [-0.2, 0) is 6.42 Å². The van der Waals surface area contributed by atoms with Gasteiger partial charge in [-0.2, -0.15) is 0 Å².